The molecule has 0 aromatic heterocycles. The molecule has 0 aromatic carbocycles. The largest absolute Gasteiger partial charge is 0.481 e. The highest BCUT2D eigenvalue weighted by atomic mass is 32.1. The van der Waals surface area contributed by atoms with Crippen molar-refractivity contribution in [1.82, 2.24) is 5.32 Å². The monoisotopic (exact) mass is 221 g/mol. The van der Waals surface area contributed by atoms with Crippen LogP contribution in [0.3, 0.4) is 0 Å². The molecule has 0 rings (SSSR count). The van der Waals surface area contributed by atoms with Gasteiger partial charge in [0.15, 0.2) is 0 Å². The Morgan fingerprint density at radius 3 is 2.21 bits per heavy atom. The first-order chi connectivity index (χ1) is 6.45. The highest BCUT2D eigenvalue weighted by Crippen LogP contribution is 1.86. The second kappa shape index (κ2) is 10.1. The van der Waals surface area contributed by atoms with Crippen LogP contribution in [0.1, 0.15) is 6.92 Å². The van der Waals surface area contributed by atoms with E-state index in [9.17, 15) is 4.79 Å². The standard InChI is InChI=1S/C6H11NO2S.C2H4O2/c1-2-3-7-5(4-10)6(8)9;1-2(3)4/h2,5,7,10H,1,3-4H2,(H,8,9);1H3,(H,3,4). The normalized spacial score (nSPS) is 10.7. The zero-order valence-corrected chi connectivity index (χ0v) is 8.83. The summed E-state index contributed by atoms with van der Waals surface area (Å²) in [7, 11) is 0. The molecule has 0 heterocycles. The van der Waals surface area contributed by atoms with Gasteiger partial charge >= 0.3 is 5.97 Å². The number of thiol groups is 1. The maximum Gasteiger partial charge on any atom is 0.321 e. The van der Waals surface area contributed by atoms with Crippen LogP contribution in [0, 0.1) is 0 Å². The molecule has 0 saturated heterocycles. The second-order valence-electron chi connectivity index (χ2n) is 2.29. The summed E-state index contributed by atoms with van der Waals surface area (Å²) in [5.41, 5.74) is 0. The molecular formula is C8H15NO4S. The zero-order valence-electron chi connectivity index (χ0n) is 7.93. The second-order valence-corrected chi connectivity index (χ2v) is 2.65. The summed E-state index contributed by atoms with van der Waals surface area (Å²) in [6.07, 6.45) is 1.61. The Labute approximate surface area is 88.2 Å². The van der Waals surface area contributed by atoms with Gasteiger partial charge in [-0.1, -0.05) is 6.08 Å². The van der Waals surface area contributed by atoms with Crippen LogP contribution in [0.15, 0.2) is 12.7 Å². The molecule has 0 amide bonds. The average molecular weight is 221 g/mol. The molecule has 0 aliphatic rings. The summed E-state index contributed by atoms with van der Waals surface area (Å²) in [5.74, 6) is -1.42. The lowest BCUT2D eigenvalue weighted by atomic mass is 10.3. The smallest absolute Gasteiger partial charge is 0.321 e. The molecule has 14 heavy (non-hydrogen) atoms. The lowest BCUT2D eigenvalue weighted by molar-refractivity contribution is -0.138. The third-order valence-corrected chi connectivity index (χ3v) is 1.35. The van der Waals surface area contributed by atoms with Gasteiger partial charge in [-0.25, -0.2) is 0 Å². The summed E-state index contributed by atoms with van der Waals surface area (Å²) < 4.78 is 0. The summed E-state index contributed by atoms with van der Waals surface area (Å²) in [6, 6.07) is -0.568. The Morgan fingerprint density at radius 2 is 2.00 bits per heavy atom. The van der Waals surface area contributed by atoms with Crippen molar-refractivity contribution in [2.45, 2.75) is 13.0 Å². The van der Waals surface area contributed by atoms with Crippen molar-refractivity contribution in [2.24, 2.45) is 0 Å². The number of hydrogen-bond acceptors (Lipinski definition) is 4. The molecule has 0 spiro atoms. The van der Waals surface area contributed by atoms with Crippen LogP contribution in [0.25, 0.3) is 0 Å². The lowest BCUT2D eigenvalue weighted by Gasteiger charge is -2.08. The van der Waals surface area contributed by atoms with Gasteiger partial charge in [-0.3, -0.25) is 9.59 Å². The number of aliphatic carboxylic acids is 2. The van der Waals surface area contributed by atoms with Crippen LogP contribution in [-0.4, -0.2) is 40.5 Å². The molecule has 0 aromatic rings. The van der Waals surface area contributed by atoms with Crippen molar-refractivity contribution >= 4 is 24.6 Å². The van der Waals surface area contributed by atoms with E-state index in [1.165, 1.54) is 0 Å². The molecular weight excluding hydrogens is 206 g/mol. The summed E-state index contributed by atoms with van der Waals surface area (Å²) >= 11 is 3.85. The highest BCUT2D eigenvalue weighted by molar-refractivity contribution is 7.80. The molecule has 0 radical (unpaired) electrons. The molecule has 0 fully saturated rings. The SMILES string of the molecule is C=CCNC(CS)C(=O)O.CC(=O)O. The van der Waals surface area contributed by atoms with Crippen molar-refractivity contribution in [3.8, 4) is 0 Å². The third-order valence-electron chi connectivity index (χ3n) is 0.989. The molecule has 6 heteroatoms. The van der Waals surface area contributed by atoms with Gasteiger partial charge in [0.1, 0.15) is 6.04 Å². The quantitative estimate of drug-likeness (QED) is 0.394. The van der Waals surface area contributed by atoms with Gasteiger partial charge in [0, 0.05) is 19.2 Å². The fourth-order valence-corrected chi connectivity index (χ4v) is 0.741. The topological polar surface area (TPSA) is 86.6 Å². The van der Waals surface area contributed by atoms with Gasteiger partial charge in [0.2, 0.25) is 0 Å². The number of carbonyl (C=O) groups is 2. The number of rotatable bonds is 5. The maximum absolute atomic E-state index is 10.3. The minimum absolute atomic E-state index is 0.295. The molecule has 0 aliphatic heterocycles. The van der Waals surface area contributed by atoms with Crippen molar-refractivity contribution in [3.05, 3.63) is 12.7 Å². The van der Waals surface area contributed by atoms with Crippen LogP contribution in [-0.2, 0) is 9.59 Å². The predicted octanol–water partition coefficient (Wildman–Crippen LogP) is 0.236. The lowest BCUT2D eigenvalue weighted by Crippen LogP contribution is -2.38. The average Bonchev–Trinajstić information content (AvgIpc) is 2.04. The van der Waals surface area contributed by atoms with Crippen LogP contribution in [0.5, 0.6) is 0 Å². The minimum atomic E-state index is -0.878. The third kappa shape index (κ3) is 13.6. The number of carboxylic acid groups (broad SMARTS) is 2. The van der Waals surface area contributed by atoms with Crippen molar-refractivity contribution in [1.29, 1.82) is 0 Å². The van der Waals surface area contributed by atoms with Gasteiger partial charge < -0.3 is 15.5 Å². The Morgan fingerprint density at radius 1 is 1.57 bits per heavy atom. The summed E-state index contributed by atoms with van der Waals surface area (Å²) in [4.78, 5) is 19.3. The predicted molar refractivity (Wildman–Crippen MR) is 56.8 cm³/mol. The van der Waals surface area contributed by atoms with E-state index >= 15 is 0 Å². The fraction of sp³-hybridized carbons (Fsp3) is 0.500. The van der Waals surface area contributed by atoms with Crippen LogP contribution >= 0.6 is 12.6 Å². The molecule has 3 N–H and O–H groups in total. The maximum atomic E-state index is 10.3. The number of nitrogens with one attached hydrogen (secondary N) is 1. The number of hydrogen-bond donors (Lipinski definition) is 4. The van der Waals surface area contributed by atoms with E-state index in [1.54, 1.807) is 6.08 Å². The van der Waals surface area contributed by atoms with Gasteiger partial charge in [0.25, 0.3) is 5.97 Å². The summed E-state index contributed by atoms with van der Waals surface area (Å²) in [6.45, 7) is 5.03. The van der Waals surface area contributed by atoms with Crippen LogP contribution in [0.4, 0.5) is 0 Å². The molecule has 0 aliphatic carbocycles. The fourth-order valence-electron chi connectivity index (χ4n) is 0.456. The van der Waals surface area contributed by atoms with Gasteiger partial charge in [-0.05, 0) is 0 Å². The minimum Gasteiger partial charge on any atom is -0.481 e. The molecule has 5 nitrogen and oxygen atoms in total. The van der Waals surface area contributed by atoms with Crippen molar-refractivity contribution in [3.63, 3.8) is 0 Å². The van der Waals surface area contributed by atoms with E-state index < -0.39 is 18.0 Å². The van der Waals surface area contributed by atoms with E-state index in [0.29, 0.717) is 12.3 Å². The van der Waals surface area contributed by atoms with E-state index in [1.807, 2.05) is 0 Å². The Balaban J connectivity index is 0. The number of carboxylic acids is 2. The van der Waals surface area contributed by atoms with Crippen molar-refractivity contribution < 1.29 is 19.8 Å². The molecule has 1 atom stereocenters. The first-order valence-corrected chi connectivity index (χ1v) is 4.46. The Hall–Kier alpha value is -1.01. The van der Waals surface area contributed by atoms with E-state index in [0.717, 1.165) is 6.92 Å². The molecule has 1 unspecified atom stereocenters. The van der Waals surface area contributed by atoms with E-state index in [4.69, 9.17) is 15.0 Å². The van der Waals surface area contributed by atoms with E-state index in [-0.39, 0.29) is 0 Å². The van der Waals surface area contributed by atoms with Gasteiger partial charge in [0.05, 0.1) is 0 Å². The first kappa shape index (κ1) is 15.5. The molecule has 0 saturated carbocycles. The van der Waals surface area contributed by atoms with Gasteiger partial charge in [-0.15, -0.1) is 6.58 Å². The zero-order chi connectivity index (χ0) is 11.6. The van der Waals surface area contributed by atoms with Crippen LogP contribution < -0.4 is 5.32 Å². The van der Waals surface area contributed by atoms with Crippen molar-refractivity contribution in [2.75, 3.05) is 12.3 Å². The first-order valence-electron chi connectivity index (χ1n) is 3.83. The Kier molecular flexibility index (Phi) is 11.1. The Bertz CT molecular complexity index is 192. The molecule has 0 bridgehead atoms. The summed E-state index contributed by atoms with van der Waals surface area (Å²) in [5, 5.41) is 18.6. The molecule has 82 valence electrons. The van der Waals surface area contributed by atoms with Gasteiger partial charge in [-0.2, -0.15) is 12.6 Å². The van der Waals surface area contributed by atoms with Crippen LogP contribution in [0.2, 0.25) is 0 Å². The highest BCUT2D eigenvalue weighted by Gasteiger charge is 2.12. The van der Waals surface area contributed by atoms with E-state index in [2.05, 4.69) is 24.5 Å².